The van der Waals surface area contributed by atoms with Gasteiger partial charge in [0, 0.05) is 25.5 Å². The van der Waals surface area contributed by atoms with Gasteiger partial charge in [0.2, 0.25) is 5.91 Å². The highest BCUT2D eigenvalue weighted by Gasteiger charge is 2.12. The second-order valence-electron chi connectivity index (χ2n) is 5.16. The molecule has 1 aromatic heterocycles. The average molecular weight is 355 g/mol. The zero-order valence-electron chi connectivity index (χ0n) is 13.1. The number of halogens is 1. The van der Waals surface area contributed by atoms with Crippen molar-refractivity contribution in [2.45, 2.75) is 25.6 Å². The fourth-order valence-corrected chi connectivity index (χ4v) is 2.54. The summed E-state index contributed by atoms with van der Waals surface area (Å²) in [5, 5.41) is 2.88. The van der Waals surface area contributed by atoms with E-state index in [1.54, 1.807) is 24.3 Å². The first-order valence-corrected chi connectivity index (χ1v) is 8.64. The van der Waals surface area contributed by atoms with E-state index in [-0.39, 0.29) is 18.3 Å². The molecule has 0 saturated carbocycles. The molecule has 0 fully saturated rings. The molecule has 1 aromatic carbocycles. The van der Waals surface area contributed by atoms with Crippen molar-refractivity contribution in [3.8, 4) is 0 Å². The molecule has 0 aliphatic carbocycles. The molecule has 0 saturated heterocycles. The van der Waals surface area contributed by atoms with Gasteiger partial charge in [-0.05, 0) is 29.6 Å². The lowest BCUT2D eigenvalue weighted by Crippen LogP contribution is -2.40. The van der Waals surface area contributed by atoms with E-state index in [0.29, 0.717) is 13.0 Å². The number of imidazole rings is 1. The number of nitrogens with two attached hydrogens (primary N) is 1. The van der Waals surface area contributed by atoms with E-state index < -0.39 is 6.04 Å². The van der Waals surface area contributed by atoms with Crippen molar-refractivity contribution in [3.63, 3.8) is 0 Å². The van der Waals surface area contributed by atoms with Crippen molar-refractivity contribution in [1.29, 1.82) is 0 Å². The summed E-state index contributed by atoms with van der Waals surface area (Å²) in [7, 11) is 0. The quantitative estimate of drug-likeness (QED) is 0.761. The standard InChI is InChI=1S/C16H22N4OS.ClH/c1-22-9-6-15(17)16(21)19-10-13-2-4-14(5-3-13)11-20-8-7-18-12-20;/h2-5,7-8,12,15H,6,9-11,17H2,1H3,(H,19,21);1H. The number of carbonyl (C=O) groups excluding carboxylic acids is 1. The smallest absolute Gasteiger partial charge is 0.237 e. The molecule has 0 radical (unpaired) electrons. The summed E-state index contributed by atoms with van der Waals surface area (Å²) < 4.78 is 2.02. The van der Waals surface area contributed by atoms with Gasteiger partial charge >= 0.3 is 0 Å². The van der Waals surface area contributed by atoms with Gasteiger partial charge in [-0.15, -0.1) is 12.4 Å². The van der Waals surface area contributed by atoms with E-state index in [2.05, 4.69) is 22.4 Å². The van der Waals surface area contributed by atoms with Crippen LogP contribution in [-0.4, -0.2) is 33.5 Å². The van der Waals surface area contributed by atoms with Crippen LogP contribution in [0.15, 0.2) is 43.0 Å². The number of benzene rings is 1. The van der Waals surface area contributed by atoms with Crippen LogP contribution in [0.2, 0.25) is 0 Å². The Bertz CT molecular complexity index is 574. The highest BCUT2D eigenvalue weighted by atomic mass is 35.5. The van der Waals surface area contributed by atoms with Crippen LogP contribution in [0.1, 0.15) is 17.5 Å². The lowest BCUT2D eigenvalue weighted by molar-refractivity contribution is -0.122. The summed E-state index contributed by atoms with van der Waals surface area (Å²) in [5.41, 5.74) is 8.10. The average Bonchev–Trinajstić information content (AvgIpc) is 3.04. The summed E-state index contributed by atoms with van der Waals surface area (Å²) in [5.74, 6) is 0.814. The van der Waals surface area contributed by atoms with Gasteiger partial charge < -0.3 is 15.6 Å². The predicted molar refractivity (Wildman–Crippen MR) is 97.8 cm³/mol. The molecule has 7 heteroatoms. The second kappa shape index (κ2) is 10.3. The van der Waals surface area contributed by atoms with Crippen molar-refractivity contribution in [2.24, 2.45) is 5.73 Å². The minimum atomic E-state index is -0.423. The molecule has 0 spiro atoms. The first kappa shape index (κ1) is 19.5. The van der Waals surface area contributed by atoms with Crippen molar-refractivity contribution in [3.05, 3.63) is 54.1 Å². The molecule has 1 amide bonds. The number of hydrogen-bond donors (Lipinski definition) is 2. The van der Waals surface area contributed by atoms with Crippen LogP contribution < -0.4 is 11.1 Å². The molecule has 1 atom stereocenters. The van der Waals surface area contributed by atoms with Gasteiger partial charge in [-0.25, -0.2) is 4.98 Å². The Balaban J connectivity index is 0.00000264. The number of thioether (sulfide) groups is 1. The van der Waals surface area contributed by atoms with E-state index in [0.717, 1.165) is 17.9 Å². The largest absolute Gasteiger partial charge is 0.351 e. The van der Waals surface area contributed by atoms with Crippen LogP contribution in [0.4, 0.5) is 0 Å². The van der Waals surface area contributed by atoms with Crippen LogP contribution in [0, 0.1) is 0 Å². The van der Waals surface area contributed by atoms with Crippen LogP contribution in [0.25, 0.3) is 0 Å². The normalized spacial score (nSPS) is 11.6. The van der Waals surface area contributed by atoms with Crippen LogP contribution >= 0.6 is 24.2 Å². The summed E-state index contributed by atoms with van der Waals surface area (Å²) in [6.45, 7) is 1.31. The topological polar surface area (TPSA) is 72.9 Å². The van der Waals surface area contributed by atoms with Gasteiger partial charge in [0.25, 0.3) is 0 Å². The molecule has 0 aliphatic heterocycles. The summed E-state index contributed by atoms with van der Waals surface area (Å²) >= 11 is 1.70. The Labute approximate surface area is 147 Å². The molecule has 23 heavy (non-hydrogen) atoms. The van der Waals surface area contributed by atoms with Gasteiger partial charge in [0.1, 0.15) is 0 Å². The third-order valence-corrected chi connectivity index (χ3v) is 4.03. The molecular formula is C16H23ClN4OS. The van der Waals surface area contributed by atoms with Crippen molar-refractivity contribution in [1.82, 2.24) is 14.9 Å². The van der Waals surface area contributed by atoms with Crippen molar-refractivity contribution in [2.75, 3.05) is 12.0 Å². The van der Waals surface area contributed by atoms with Gasteiger partial charge in [0.05, 0.1) is 12.4 Å². The van der Waals surface area contributed by atoms with Crippen LogP contribution in [0.3, 0.4) is 0 Å². The monoisotopic (exact) mass is 354 g/mol. The third kappa shape index (κ3) is 6.64. The Hall–Kier alpha value is -1.50. The summed E-state index contributed by atoms with van der Waals surface area (Å²) in [6.07, 6.45) is 8.21. The molecule has 1 unspecified atom stereocenters. The molecule has 2 rings (SSSR count). The zero-order chi connectivity index (χ0) is 15.8. The number of hydrogen-bond acceptors (Lipinski definition) is 4. The number of carbonyl (C=O) groups is 1. The fourth-order valence-electron chi connectivity index (χ4n) is 2.05. The van der Waals surface area contributed by atoms with E-state index in [1.807, 2.05) is 29.2 Å². The Morgan fingerprint density at radius 3 is 2.65 bits per heavy atom. The minimum absolute atomic E-state index is 0. The SMILES string of the molecule is CSCCC(N)C(=O)NCc1ccc(Cn2ccnc2)cc1.Cl. The third-order valence-electron chi connectivity index (χ3n) is 3.38. The van der Waals surface area contributed by atoms with Gasteiger partial charge in [0.15, 0.2) is 0 Å². The first-order valence-electron chi connectivity index (χ1n) is 7.25. The van der Waals surface area contributed by atoms with E-state index >= 15 is 0 Å². The van der Waals surface area contributed by atoms with Gasteiger partial charge in [-0.1, -0.05) is 24.3 Å². The van der Waals surface area contributed by atoms with Crippen molar-refractivity contribution >= 4 is 30.1 Å². The fraction of sp³-hybridized carbons (Fsp3) is 0.375. The van der Waals surface area contributed by atoms with Crippen molar-refractivity contribution < 1.29 is 4.79 Å². The lowest BCUT2D eigenvalue weighted by Gasteiger charge is -2.12. The van der Waals surface area contributed by atoms with Gasteiger partial charge in [-0.2, -0.15) is 11.8 Å². The molecule has 3 N–H and O–H groups in total. The highest BCUT2D eigenvalue weighted by molar-refractivity contribution is 7.98. The zero-order valence-corrected chi connectivity index (χ0v) is 14.8. The molecule has 126 valence electrons. The lowest BCUT2D eigenvalue weighted by atomic mass is 10.1. The van der Waals surface area contributed by atoms with E-state index in [9.17, 15) is 4.79 Å². The minimum Gasteiger partial charge on any atom is -0.351 e. The van der Waals surface area contributed by atoms with Crippen LogP contribution in [-0.2, 0) is 17.9 Å². The molecule has 2 aromatic rings. The van der Waals surface area contributed by atoms with Gasteiger partial charge in [-0.3, -0.25) is 4.79 Å². The molecule has 0 aliphatic rings. The number of nitrogens with zero attached hydrogens (tertiary/aromatic N) is 2. The number of rotatable bonds is 8. The number of amides is 1. The van der Waals surface area contributed by atoms with E-state index in [4.69, 9.17) is 5.73 Å². The molecule has 0 bridgehead atoms. The summed E-state index contributed by atoms with van der Waals surface area (Å²) in [4.78, 5) is 15.9. The molecule has 5 nitrogen and oxygen atoms in total. The molecular weight excluding hydrogens is 332 g/mol. The highest BCUT2D eigenvalue weighted by Crippen LogP contribution is 2.07. The Morgan fingerprint density at radius 2 is 2.04 bits per heavy atom. The predicted octanol–water partition coefficient (Wildman–Crippen LogP) is 2.05. The maximum atomic E-state index is 11.8. The number of nitrogens with one attached hydrogen (secondary N) is 1. The maximum absolute atomic E-state index is 11.8. The first-order chi connectivity index (χ1) is 10.7. The van der Waals surface area contributed by atoms with E-state index in [1.165, 1.54) is 5.56 Å². The Morgan fingerprint density at radius 1 is 1.35 bits per heavy atom. The number of aromatic nitrogens is 2. The second-order valence-corrected chi connectivity index (χ2v) is 6.14. The maximum Gasteiger partial charge on any atom is 0.237 e. The summed E-state index contributed by atoms with van der Waals surface area (Å²) in [6, 6.07) is 7.76. The molecule has 1 heterocycles. The van der Waals surface area contributed by atoms with Crippen LogP contribution in [0.5, 0.6) is 0 Å². The Kier molecular flexibility index (Phi) is 8.76.